The number of hydrogen-bond donors (Lipinski definition) is 1. The van der Waals surface area contributed by atoms with E-state index in [4.69, 9.17) is 0 Å². The minimum absolute atomic E-state index is 0.114. The Hall–Kier alpha value is -0.630. The van der Waals surface area contributed by atoms with Gasteiger partial charge in [0.1, 0.15) is 5.78 Å². The van der Waals surface area contributed by atoms with Crippen molar-refractivity contribution in [3.05, 3.63) is 12.2 Å². The third-order valence-electron chi connectivity index (χ3n) is 11.1. The Kier molecular flexibility index (Phi) is 6.54. The fourth-order valence-corrected chi connectivity index (χ4v) is 9.21. The molecule has 4 rings (SSSR count). The van der Waals surface area contributed by atoms with Crippen molar-refractivity contribution < 1.29 is 9.90 Å². The average Bonchev–Trinajstić information content (AvgIpc) is 3.07. The molecule has 31 heavy (non-hydrogen) atoms. The molecule has 4 fully saturated rings. The highest BCUT2D eigenvalue weighted by Gasteiger charge is 2.62. The monoisotopic (exact) mass is 428 g/mol. The van der Waals surface area contributed by atoms with Crippen LogP contribution >= 0.6 is 0 Å². The smallest absolute Gasteiger partial charge is 0.136 e. The second-order valence-corrected chi connectivity index (χ2v) is 12.8. The van der Waals surface area contributed by atoms with Crippen molar-refractivity contribution in [3.8, 4) is 0 Å². The highest BCUT2D eigenvalue weighted by Crippen LogP contribution is 2.67. The summed E-state index contributed by atoms with van der Waals surface area (Å²) in [5, 5.41) is 10.2. The van der Waals surface area contributed by atoms with Crippen LogP contribution in [-0.2, 0) is 4.79 Å². The lowest BCUT2D eigenvalue weighted by Gasteiger charge is -2.60. The van der Waals surface area contributed by atoms with E-state index in [0.717, 1.165) is 31.6 Å². The molecule has 10 atom stereocenters. The maximum atomic E-state index is 13.3. The van der Waals surface area contributed by atoms with Crippen LogP contribution in [0.5, 0.6) is 0 Å². The Balaban J connectivity index is 1.53. The zero-order valence-corrected chi connectivity index (χ0v) is 21.1. The van der Waals surface area contributed by atoms with Crippen molar-refractivity contribution in [1.82, 2.24) is 0 Å². The average molecular weight is 429 g/mol. The quantitative estimate of drug-likeness (QED) is 0.476. The summed E-state index contributed by atoms with van der Waals surface area (Å²) >= 11 is 0. The normalized spacial score (nSPS) is 47.2. The van der Waals surface area contributed by atoms with Crippen molar-refractivity contribution in [3.63, 3.8) is 0 Å². The molecule has 2 nitrogen and oxygen atoms in total. The summed E-state index contributed by atoms with van der Waals surface area (Å²) < 4.78 is 0. The zero-order chi connectivity index (χ0) is 22.6. The first kappa shape index (κ1) is 23.5. The number of aliphatic hydroxyl groups excluding tert-OH is 1. The molecule has 0 heterocycles. The van der Waals surface area contributed by atoms with E-state index in [0.29, 0.717) is 46.7 Å². The summed E-state index contributed by atoms with van der Waals surface area (Å²) in [5.74, 6) is 5.38. The van der Waals surface area contributed by atoms with Gasteiger partial charge in [0.05, 0.1) is 6.10 Å². The lowest BCUT2D eigenvalue weighted by Crippen LogP contribution is -2.57. The number of rotatable bonds is 5. The second-order valence-electron chi connectivity index (χ2n) is 12.8. The van der Waals surface area contributed by atoms with Crippen molar-refractivity contribution >= 4 is 5.78 Å². The molecular formula is C29H48O2. The predicted octanol–water partition coefficient (Wildman–Crippen LogP) is 7.06. The molecule has 1 N–H and O–H groups in total. The standard InChI is InChI=1S/C29H48O2/c1-7-20(18(2)3)9-8-19(4)23-10-11-24-22-17-27(31)26-16-21(30)12-14-29(26,6)25(22)13-15-28(23,24)5/h8-9,18-26,30H,7,10-17H2,1-6H3/b9-8+/t19-,20-,21-,22+,23-,24+,25+,26-,28-,29-/m1/s1. The van der Waals surface area contributed by atoms with Gasteiger partial charge < -0.3 is 5.11 Å². The van der Waals surface area contributed by atoms with Gasteiger partial charge in [0.15, 0.2) is 0 Å². The van der Waals surface area contributed by atoms with Crippen molar-refractivity contribution in [2.24, 2.45) is 58.2 Å². The minimum atomic E-state index is -0.256. The lowest BCUT2D eigenvalue weighted by molar-refractivity contribution is -0.159. The topological polar surface area (TPSA) is 37.3 Å². The van der Waals surface area contributed by atoms with E-state index in [1.165, 1.54) is 32.1 Å². The summed E-state index contributed by atoms with van der Waals surface area (Å²) in [6.45, 7) is 14.5. The summed E-state index contributed by atoms with van der Waals surface area (Å²) in [7, 11) is 0. The fraction of sp³-hybridized carbons (Fsp3) is 0.897. The van der Waals surface area contributed by atoms with Crippen molar-refractivity contribution in [2.75, 3.05) is 0 Å². The molecule has 4 saturated carbocycles. The van der Waals surface area contributed by atoms with Crippen LogP contribution in [-0.4, -0.2) is 17.0 Å². The Morgan fingerprint density at radius 3 is 2.35 bits per heavy atom. The molecule has 4 aliphatic rings. The summed E-state index contributed by atoms with van der Waals surface area (Å²) in [6, 6.07) is 0. The van der Waals surface area contributed by atoms with Gasteiger partial charge in [-0.05, 0) is 104 Å². The lowest BCUT2D eigenvalue weighted by atomic mass is 9.44. The van der Waals surface area contributed by atoms with Crippen LogP contribution in [0.4, 0.5) is 0 Å². The molecule has 0 radical (unpaired) electrons. The molecule has 2 heteroatoms. The van der Waals surface area contributed by atoms with Gasteiger partial charge in [-0.2, -0.15) is 0 Å². The first-order valence-electron chi connectivity index (χ1n) is 13.5. The van der Waals surface area contributed by atoms with E-state index in [-0.39, 0.29) is 17.4 Å². The molecular weight excluding hydrogens is 380 g/mol. The third kappa shape index (κ3) is 3.87. The number of ketones is 1. The van der Waals surface area contributed by atoms with E-state index >= 15 is 0 Å². The van der Waals surface area contributed by atoms with Crippen molar-refractivity contribution in [2.45, 2.75) is 105 Å². The number of carbonyl (C=O) groups is 1. The predicted molar refractivity (Wildman–Crippen MR) is 129 cm³/mol. The third-order valence-corrected chi connectivity index (χ3v) is 11.1. The van der Waals surface area contributed by atoms with Gasteiger partial charge in [0, 0.05) is 12.3 Å². The molecule has 0 unspecified atom stereocenters. The number of carbonyl (C=O) groups excluding carboxylic acids is 1. The van der Waals surface area contributed by atoms with Crippen LogP contribution in [0, 0.1) is 58.2 Å². The highest BCUT2D eigenvalue weighted by atomic mass is 16.3. The fourth-order valence-electron chi connectivity index (χ4n) is 9.21. The van der Waals surface area contributed by atoms with E-state index in [2.05, 4.69) is 53.7 Å². The Bertz CT molecular complexity index is 695. The van der Waals surface area contributed by atoms with E-state index < -0.39 is 0 Å². The van der Waals surface area contributed by atoms with Crippen LogP contribution in [0.3, 0.4) is 0 Å². The van der Waals surface area contributed by atoms with E-state index in [1.807, 2.05) is 0 Å². The zero-order valence-electron chi connectivity index (χ0n) is 21.1. The summed E-state index contributed by atoms with van der Waals surface area (Å²) in [5.41, 5.74) is 0.526. The maximum absolute atomic E-state index is 13.3. The van der Waals surface area contributed by atoms with Crippen LogP contribution < -0.4 is 0 Å². The second kappa shape index (κ2) is 8.62. The summed E-state index contributed by atoms with van der Waals surface area (Å²) in [6.07, 6.45) is 14.8. The molecule has 176 valence electrons. The van der Waals surface area contributed by atoms with Gasteiger partial charge in [0.2, 0.25) is 0 Å². The molecule has 0 aromatic carbocycles. The highest BCUT2D eigenvalue weighted by molar-refractivity contribution is 5.83. The van der Waals surface area contributed by atoms with Gasteiger partial charge in [-0.25, -0.2) is 0 Å². The van der Waals surface area contributed by atoms with Gasteiger partial charge in [-0.1, -0.05) is 53.7 Å². The largest absolute Gasteiger partial charge is 0.393 e. The Labute approximate surface area is 191 Å². The number of Topliss-reactive ketones (excluding diaryl/α,β-unsaturated/α-hetero) is 1. The first-order chi connectivity index (χ1) is 14.6. The molecule has 0 bridgehead atoms. The number of fused-ring (bicyclic) bond motifs is 5. The van der Waals surface area contributed by atoms with Gasteiger partial charge in [-0.3, -0.25) is 4.79 Å². The first-order valence-corrected chi connectivity index (χ1v) is 13.5. The van der Waals surface area contributed by atoms with Crippen LogP contribution in [0.25, 0.3) is 0 Å². The minimum Gasteiger partial charge on any atom is -0.393 e. The Morgan fingerprint density at radius 2 is 1.68 bits per heavy atom. The van der Waals surface area contributed by atoms with Gasteiger partial charge in [-0.15, -0.1) is 0 Å². The molecule has 0 aromatic heterocycles. The number of aliphatic hydroxyl groups is 1. The molecule has 0 aromatic rings. The maximum Gasteiger partial charge on any atom is 0.136 e. The molecule has 0 amide bonds. The SMILES string of the molecule is CC[C@H](/C=C/[C@@H](C)[C@H]1CC[C@H]2[C@@H]3CC(=O)[C@H]4C[C@H](O)CC[C@]4(C)[C@H]3CC[C@]12C)C(C)C. The van der Waals surface area contributed by atoms with Crippen LogP contribution in [0.1, 0.15) is 99.3 Å². The number of allylic oxidation sites excluding steroid dienone is 2. The number of hydrogen-bond acceptors (Lipinski definition) is 2. The molecule has 0 aliphatic heterocycles. The van der Waals surface area contributed by atoms with E-state index in [1.54, 1.807) is 0 Å². The Morgan fingerprint density at radius 1 is 1.00 bits per heavy atom. The van der Waals surface area contributed by atoms with Crippen molar-refractivity contribution in [1.29, 1.82) is 0 Å². The van der Waals surface area contributed by atoms with Crippen LogP contribution in [0.15, 0.2) is 12.2 Å². The van der Waals surface area contributed by atoms with E-state index in [9.17, 15) is 9.90 Å². The molecule has 0 saturated heterocycles. The van der Waals surface area contributed by atoms with Gasteiger partial charge in [0.25, 0.3) is 0 Å². The molecule has 0 spiro atoms. The van der Waals surface area contributed by atoms with Crippen LogP contribution in [0.2, 0.25) is 0 Å². The molecule has 4 aliphatic carbocycles. The van der Waals surface area contributed by atoms with Gasteiger partial charge >= 0.3 is 0 Å². The summed E-state index contributed by atoms with van der Waals surface area (Å²) in [4.78, 5) is 13.3.